The second kappa shape index (κ2) is 5.86. The molecule has 0 aliphatic carbocycles. The van der Waals surface area contributed by atoms with E-state index < -0.39 is 36.9 Å². The number of carbonyl (C=O) groups excluding carboxylic acids is 1. The summed E-state index contributed by atoms with van der Waals surface area (Å²) in [7, 11) is 0. The highest BCUT2D eigenvalue weighted by Gasteiger charge is 2.33. The van der Waals surface area contributed by atoms with Gasteiger partial charge in [0.15, 0.2) is 6.10 Å². The Balaban J connectivity index is 4.30. The maximum Gasteiger partial charge on any atom is 0.265 e. The molecule has 1 amide bonds. The smallest absolute Gasteiger partial charge is 0.265 e. The van der Waals surface area contributed by atoms with E-state index in [1.54, 1.807) is 5.43 Å². The van der Waals surface area contributed by atoms with Gasteiger partial charge in [0.25, 0.3) is 5.91 Å². The van der Waals surface area contributed by atoms with Crippen molar-refractivity contribution in [2.75, 3.05) is 6.61 Å². The number of rotatable bonds is 5. The van der Waals surface area contributed by atoms with Crippen LogP contribution in [0, 0.1) is 0 Å². The highest BCUT2D eigenvalue weighted by molar-refractivity contribution is 5.80. The van der Waals surface area contributed by atoms with E-state index in [-0.39, 0.29) is 0 Å². The van der Waals surface area contributed by atoms with E-state index in [1.807, 2.05) is 0 Å². The quantitative estimate of drug-likeness (QED) is 0.137. The lowest BCUT2D eigenvalue weighted by molar-refractivity contribution is -0.148. The van der Waals surface area contributed by atoms with Crippen molar-refractivity contribution >= 4 is 5.91 Å². The van der Waals surface area contributed by atoms with E-state index in [0.29, 0.717) is 0 Å². The van der Waals surface area contributed by atoms with E-state index in [1.165, 1.54) is 0 Å². The van der Waals surface area contributed by atoms with Crippen LogP contribution in [0.3, 0.4) is 0 Å². The first-order chi connectivity index (χ1) is 6.45. The highest BCUT2D eigenvalue weighted by Crippen LogP contribution is 2.04. The maximum atomic E-state index is 10.7. The number of aliphatic hydroxyl groups is 5. The largest absolute Gasteiger partial charge is 0.394 e. The fourth-order valence-corrected chi connectivity index (χ4v) is 0.763. The molecule has 4 atom stereocenters. The van der Waals surface area contributed by atoms with Gasteiger partial charge in [-0.05, 0) is 0 Å². The van der Waals surface area contributed by atoms with Gasteiger partial charge >= 0.3 is 0 Å². The summed E-state index contributed by atoms with van der Waals surface area (Å²) in [5.74, 6) is 3.55. The summed E-state index contributed by atoms with van der Waals surface area (Å²) < 4.78 is 0. The predicted molar refractivity (Wildman–Crippen MR) is 43.4 cm³/mol. The van der Waals surface area contributed by atoms with Crippen LogP contribution in [0.25, 0.3) is 0 Å². The average Bonchev–Trinajstić information content (AvgIpc) is 2.23. The molecule has 0 aromatic carbocycles. The summed E-state index contributed by atoms with van der Waals surface area (Å²) in [5, 5.41) is 44.4. The fourth-order valence-electron chi connectivity index (χ4n) is 0.763. The molecule has 0 aliphatic rings. The van der Waals surface area contributed by atoms with Crippen molar-refractivity contribution in [3.63, 3.8) is 0 Å². The van der Waals surface area contributed by atoms with Crippen molar-refractivity contribution in [2.24, 2.45) is 5.84 Å². The Morgan fingerprint density at radius 1 is 1.21 bits per heavy atom. The second-order valence-electron chi connectivity index (χ2n) is 2.68. The predicted octanol–water partition coefficient (Wildman–Crippen LogP) is -4.59. The van der Waals surface area contributed by atoms with Crippen LogP contribution >= 0.6 is 0 Å². The lowest BCUT2D eigenvalue weighted by atomic mass is 10.0. The van der Waals surface area contributed by atoms with Gasteiger partial charge in [0, 0.05) is 0 Å². The molecule has 0 saturated carbocycles. The molecule has 0 aromatic heterocycles. The minimum Gasteiger partial charge on any atom is -0.394 e. The van der Waals surface area contributed by atoms with Gasteiger partial charge in [-0.3, -0.25) is 10.2 Å². The molecule has 14 heavy (non-hydrogen) atoms. The maximum absolute atomic E-state index is 10.7. The number of hydrazine groups is 1. The molecule has 0 spiro atoms. The van der Waals surface area contributed by atoms with E-state index in [9.17, 15) is 4.79 Å². The van der Waals surface area contributed by atoms with Crippen molar-refractivity contribution in [3.8, 4) is 0 Å². The molecule has 8 nitrogen and oxygen atoms in total. The molecule has 8 N–H and O–H groups in total. The minimum absolute atomic E-state index is 0.810. The number of aliphatic hydroxyl groups excluding tert-OH is 5. The average molecular weight is 210 g/mol. The summed E-state index contributed by atoms with van der Waals surface area (Å²) >= 11 is 0. The number of nitrogens with two attached hydrogens (primary N) is 1. The van der Waals surface area contributed by atoms with Crippen LogP contribution in [0.15, 0.2) is 0 Å². The molecule has 0 aliphatic heterocycles. The summed E-state index contributed by atoms with van der Waals surface area (Å²) in [6.45, 7) is -0.810. The number of carbonyl (C=O) groups is 1. The third-order valence-corrected chi connectivity index (χ3v) is 1.67. The van der Waals surface area contributed by atoms with Gasteiger partial charge < -0.3 is 25.5 Å². The number of nitrogens with one attached hydrogen (secondary N) is 1. The Kier molecular flexibility index (Phi) is 5.53. The molecular formula is C6H14N2O6. The zero-order valence-electron chi connectivity index (χ0n) is 7.24. The van der Waals surface area contributed by atoms with Crippen molar-refractivity contribution in [1.29, 1.82) is 0 Å². The van der Waals surface area contributed by atoms with Crippen molar-refractivity contribution in [1.82, 2.24) is 5.43 Å². The zero-order valence-corrected chi connectivity index (χ0v) is 7.24. The monoisotopic (exact) mass is 210 g/mol. The highest BCUT2D eigenvalue weighted by atomic mass is 16.4. The van der Waals surface area contributed by atoms with Crippen LogP contribution in [0.2, 0.25) is 0 Å². The van der Waals surface area contributed by atoms with Crippen LogP contribution in [0.4, 0.5) is 0 Å². The number of amides is 1. The Morgan fingerprint density at radius 2 is 1.71 bits per heavy atom. The summed E-state index contributed by atoms with van der Waals surface area (Å²) in [6.07, 6.45) is -7.39. The van der Waals surface area contributed by atoms with Gasteiger partial charge in [0.1, 0.15) is 18.3 Å². The minimum atomic E-state index is -1.98. The molecule has 0 fully saturated rings. The number of hydrogen-bond acceptors (Lipinski definition) is 7. The van der Waals surface area contributed by atoms with Gasteiger partial charge in [-0.1, -0.05) is 0 Å². The van der Waals surface area contributed by atoms with Crippen molar-refractivity contribution < 1.29 is 30.3 Å². The number of hydrogen-bond donors (Lipinski definition) is 7. The molecular weight excluding hydrogens is 196 g/mol. The van der Waals surface area contributed by atoms with Crippen LogP contribution < -0.4 is 11.3 Å². The summed E-state index contributed by atoms with van der Waals surface area (Å²) in [5.41, 5.74) is 1.55. The molecule has 84 valence electrons. The van der Waals surface area contributed by atoms with Crippen LogP contribution in [-0.2, 0) is 4.79 Å². The molecule has 0 saturated heterocycles. The standard InChI is InChI=1S/C6H14N2O6/c7-8-6(14)5(13)4(12)3(11)2(10)1-9/h2-5,9-13H,1,7H2,(H,8,14)/t2-,3+,4+,5-/m1/s1. The Labute approximate surface area is 79.6 Å². The molecule has 0 radical (unpaired) electrons. The van der Waals surface area contributed by atoms with Gasteiger partial charge in [0.2, 0.25) is 0 Å². The SMILES string of the molecule is NNC(=O)[C@H](O)[C@@H](O)[C@@H](O)[C@H](O)CO. The van der Waals surface area contributed by atoms with Gasteiger partial charge in [-0.2, -0.15) is 0 Å². The van der Waals surface area contributed by atoms with E-state index in [0.717, 1.165) is 0 Å². The van der Waals surface area contributed by atoms with Crippen molar-refractivity contribution in [2.45, 2.75) is 24.4 Å². The topological polar surface area (TPSA) is 156 Å². The lowest BCUT2D eigenvalue weighted by Crippen LogP contribution is -2.52. The Morgan fingerprint density at radius 3 is 2.07 bits per heavy atom. The molecule has 0 aromatic rings. The van der Waals surface area contributed by atoms with Crippen LogP contribution in [0.1, 0.15) is 0 Å². The summed E-state index contributed by atoms with van der Waals surface area (Å²) in [4.78, 5) is 10.7. The molecule has 0 bridgehead atoms. The fraction of sp³-hybridized carbons (Fsp3) is 0.833. The second-order valence-corrected chi connectivity index (χ2v) is 2.68. The van der Waals surface area contributed by atoms with Gasteiger partial charge in [-0.25, -0.2) is 5.84 Å². The lowest BCUT2D eigenvalue weighted by Gasteiger charge is -2.24. The molecule has 0 heterocycles. The zero-order chi connectivity index (χ0) is 11.3. The first kappa shape index (κ1) is 13.2. The van der Waals surface area contributed by atoms with Crippen molar-refractivity contribution in [3.05, 3.63) is 0 Å². The van der Waals surface area contributed by atoms with Gasteiger partial charge in [-0.15, -0.1) is 0 Å². The molecule has 0 unspecified atom stereocenters. The van der Waals surface area contributed by atoms with Gasteiger partial charge in [0.05, 0.1) is 6.61 Å². The van der Waals surface area contributed by atoms with E-state index in [4.69, 9.17) is 25.5 Å². The van der Waals surface area contributed by atoms with Crippen LogP contribution in [-0.4, -0.2) is 62.5 Å². The Bertz CT molecular complexity index is 189. The Hall–Kier alpha value is -0.770. The van der Waals surface area contributed by atoms with E-state index >= 15 is 0 Å². The first-order valence-electron chi connectivity index (χ1n) is 3.79. The third kappa shape index (κ3) is 3.18. The van der Waals surface area contributed by atoms with Crippen LogP contribution in [0.5, 0.6) is 0 Å². The normalized spacial score (nSPS) is 19.6. The third-order valence-electron chi connectivity index (χ3n) is 1.67. The van der Waals surface area contributed by atoms with E-state index in [2.05, 4.69) is 5.84 Å². The summed E-state index contributed by atoms with van der Waals surface area (Å²) in [6, 6.07) is 0. The first-order valence-corrected chi connectivity index (χ1v) is 3.79. The molecule has 8 heteroatoms. The molecule has 0 rings (SSSR count).